The van der Waals surface area contributed by atoms with Crippen LogP contribution >= 0.6 is 0 Å². The maximum atomic E-state index is 13.5. The number of carbonyl (C=O) groups is 1. The highest BCUT2D eigenvalue weighted by Crippen LogP contribution is 2.25. The minimum Gasteiger partial charge on any atom is -0.390 e. The van der Waals surface area contributed by atoms with Gasteiger partial charge in [-0.15, -0.1) is 0 Å². The first-order valence-corrected chi connectivity index (χ1v) is 12.4. The molecule has 0 aromatic heterocycles. The van der Waals surface area contributed by atoms with Gasteiger partial charge in [-0.25, -0.2) is 13.6 Å². The van der Waals surface area contributed by atoms with Crippen LogP contribution in [0.4, 0.5) is 19.3 Å². The molecule has 3 aromatic rings. The zero-order chi connectivity index (χ0) is 25.5. The third kappa shape index (κ3) is 6.89. The second kappa shape index (κ2) is 12.1. The zero-order valence-electron chi connectivity index (χ0n) is 20.3. The van der Waals surface area contributed by atoms with Crippen molar-refractivity contribution in [3.63, 3.8) is 0 Å². The molecule has 3 N–H and O–H groups in total. The predicted molar refractivity (Wildman–Crippen MR) is 138 cm³/mol. The molecule has 5 nitrogen and oxygen atoms in total. The van der Waals surface area contributed by atoms with Gasteiger partial charge in [-0.1, -0.05) is 42.5 Å². The van der Waals surface area contributed by atoms with E-state index in [1.165, 1.54) is 41.3 Å². The van der Waals surface area contributed by atoms with Gasteiger partial charge in [-0.05, 0) is 92.2 Å². The van der Waals surface area contributed by atoms with Crippen LogP contribution in [0.15, 0.2) is 78.9 Å². The number of β-amino-alcohol motifs (C(OH)–C–C–N with tert-alkyl or cyclic N) is 1. The summed E-state index contributed by atoms with van der Waals surface area (Å²) in [5.74, 6) is -0.129. The van der Waals surface area contributed by atoms with E-state index in [4.69, 9.17) is 5.73 Å². The highest BCUT2D eigenvalue weighted by atomic mass is 19.1. The fraction of sp³-hybridized carbons (Fsp3) is 0.345. The molecule has 7 heteroatoms. The number of carbonyl (C=O) groups excluding carboxylic acids is 1. The number of piperidine rings is 1. The van der Waals surface area contributed by atoms with Crippen molar-refractivity contribution in [1.29, 1.82) is 0 Å². The predicted octanol–water partition coefficient (Wildman–Crippen LogP) is 4.78. The molecule has 0 spiro atoms. The van der Waals surface area contributed by atoms with E-state index in [0.29, 0.717) is 24.6 Å². The zero-order valence-corrected chi connectivity index (χ0v) is 20.3. The summed E-state index contributed by atoms with van der Waals surface area (Å²) in [6.07, 6.45) is 2.41. The van der Waals surface area contributed by atoms with E-state index in [-0.39, 0.29) is 5.82 Å². The lowest BCUT2D eigenvalue weighted by Crippen LogP contribution is -2.54. The number of rotatable bonds is 9. The number of likely N-dealkylation sites (tertiary alicyclic amines) is 1. The topological polar surface area (TPSA) is 69.8 Å². The summed E-state index contributed by atoms with van der Waals surface area (Å²) in [7, 11) is 0. The Morgan fingerprint density at radius 1 is 0.917 bits per heavy atom. The minimum absolute atomic E-state index is 0.224. The first-order valence-electron chi connectivity index (χ1n) is 12.4. The molecule has 2 atom stereocenters. The van der Waals surface area contributed by atoms with E-state index >= 15 is 0 Å². The van der Waals surface area contributed by atoms with Gasteiger partial charge < -0.3 is 15.7 Å². The molecule has 1 heterocycles. The van der Waals surface area contributed by atoms with Crippen LogP contribution in [0.3, 0.4) is 0 Å². The number of benzene rings is 3. The molecule has 2 amide bonds. The number of hydrogen-bond acceptors (Lipinski definition) is 3. The second-order valence-electron chi connectivity index (χ2n) is 9.58. The van der Waals surface area contributed by atoms with Crippen molar-refractivity contribution in [2.45, 2.75) is 37.8 Å². The van der Waals surface area contributed by atoms with E-state index in [1.807, 2.05) is 42.5 Å². The van der Waals surface area contributed by atoms with Gasteiger partial charge in [0.15, 0.2) is 0 Å². The Hall–Kier alpha value is -3.29. The van der Waals surface area contributed by atoms with Crippen LogP contribution in [0.25, 0.3) is 0 Å². The number of aliphatic hydroxyl groups excluding tert-OH is 1. The van der Waals surface area contributed by atoms with Crippen LogP contribution in [0.2, 0.25) is 0 Å². The molecule has 4 rings (SSSR count). The van der Waals surface area contributed by atoms with Gasteiger partial charge in [0.05, 0.1) is 12.1 Å². The maximum Gasteiger partial charge on any atom is 0.319 e. The smallest absolute Gasteiger partial charge is 0.319 e. The molecule has 0 unspecified atom stereocenters. The molecule has 190 valence electrons. The number of primary amides is 1. The lowest BCUT2D eigenvalue weighted by Gasteiger charge is -2.38. The number of urea groups is 1. The summed E-state index contributed by atoms with van der Waals surface area (Å²) < 4.78 is 26.7. The second-order valence-corrected chi connectivity index (χ2v) is 9.58. The Kier molecular flexibility index (Phi) is 8.67. The lowest BCUT2D eigenvalue weighted by atomic mass is 9.89. The highest BCUT2D eigenvalue weighted by Gasteiger charge is 2.32. The van der Waals surface area contributed by atoms with Gasteiger partial charge >= 0.3 is 6.03 Å². The van der Waals surface area contributed by atoms with Gasteiger partial charge in [-0.2, -0.15) is 0 Å². The van der Waals surface area contributed by atoms with Gasteiger partial charge in [0.25, 0.3) is 0 Å². The van der Waals surface area contributed by atoms with Crippen molar-refractivity contribution in [2.75, 3.05) is 24.5 Å². The summed E-state index contributed by atoms with van der Waals surface area (Å²) in [5, 5.41) is 11.4. The van der Waals surface area contributed by atoms with Crippen molar-refractivity contribution in [3.05, 3.63) is 102 Å². The van der Waals surface area contributed by atoms with Crippen LogP contribution in [-0.2, 0) is 12.8 Å². The SMILES string of the molecule is NC(=O)N(c1ccc(F)cc1)[C@H](Cc1ccccc1)[C@H](O)CN1CCC(Cc2ccc(F)cc2)CC1. The molecule has 3 aromatic carbocycles. The molecule has 1 aliphatic rings. The molecule has 0 radical (unpaired) electrons. The van der Waals surface area contributed by atoms with Crippen LogP contribution < -0.4 is 10.6 Å². The fourth-order valence-electron chi connectivity index (χ4n) is 5.05. The summed E-state index contributed by atoms with van der Waals surface area (Å²) in [5.41, 5.74) is 8.32. The molecule has 0 saturated carbocycles. The van der Waals surface area contributed by atoms with Crippen LogP contribution in [0, 0.1) is 17.6 Å². The van der Waals surface area contributed by atoms with E-state index < -0.39 is 24.0 Å². The van der Waals surface area contributed by atoms with Crippen LogP contribution in [-0.4, -0.2) is 47.8 Å². The van der Waals surface area contributed by atoms with Gasteiger partial charge in [0.2, 0.25) is 0 Å². The Morgan fingerprint density at radius 3 is 2.08 bits per heavy atom. The number of amides is 2. The van der Waals surface area contributed by atoms with E-state index in [1.54, 1.807) is 0 Å². The Labute approximate surface area is 211 Å². The molecule has 36 heavy (non-hydrogen) atoms. The van der Waals surface area contributed by atoms with Crippen LogP contribution in [0.5, 0.6) is 0 Å². The van der Waals surface area contributed by atoms with Crippen molar-refractivity contribution >= 4 is 11.7 Å². The fourth-order valence-corrected chi connectivity index (χ4v) is 5.05. The number of nitrogens with zero attached hydrogens (tertiary/aromatic N) is 2. The quantitative estimate of drug-likeness (QED) is 0.451. The summed E-state index contributed by atoms with van der Waals surface area (Å²) >= 11 is 0. The third-order valence-electron chi connectivity index (χ3n) is 7.00. The minimum atomic E-state index is -0.864. The monoisotopic (exact) mass is 493 g/mol. The van der Waals surface area contributed by atoms with Gasteiger partial charge in [-0.3, -0.25) is 4.90 Å². The first kappa shape index (κ1) is 25.8. The average molecular weight is 494 g/mol. The Morgan fingerprint density at radius 2 is 1.50 bits per heavy atom. The van der Waals surface area contributed by atoms with Gasteiger partial charge in [0.1, 0.15) is 11.6 Å². The average Bonchev–Trinajstić information content (AvgIpc) is 2.88. The molecular weight excluding hydrogens is 460 g/mol. The van der Waals surface area contributed by atoms with Crippen molar-refractivity contribution in [1.82, 2.24) is 4.90 Å². The highest BCUT2D eigenvalue weighted by molar-refractivity contribution is 5.91. The summed E-state index contributed by atoms with van der Waals surface area (Å²) in [6, 6.07) is 20.6. The Bertz CT molecular complexity index is 1100. The molecule has 0 aliphatic carbocycles. The number of hydrogen-bond donors (Lipinski definition) is 2. The van der Waals surface area contributed by atoms with Crippen molar-refractivity contribution in [2.24, 2.45) is 11.7 Å². The first-order chi connectivity index (χ1) is 17.4. The maximum absolute atomic E-state index is 13.5. The van der Waals surface area contributed by atoms with Crippen molar-refractivity contribution < 1.29 is 18.7 Å². The molecule has 0 bridgehead atoms. The molecular formula is C29H33F2N3O2. The number of halogens is 2. The summed E-state index contributed by atoms with van der Waals surface area (Å²) in [6.45, 7) is 2.05. The van der Waals surface area contributed by atoms with Crippen molar-refractivity contribution in [3.8, 4) is 0 Å². The van der Waals surface area contributed by atoms with E-state index in [9.17, 15) is 18.7 Å². The number of anilines is 1. The molecule has 1 aliphatic heterocycles. The number of nitrogens with two attached hydrogens (primary N) is 1. The van der Waals surface area contributed by atoms with Gasteiger partial charge in [0, 0.05) is 12.2 Å². The standard InChI is InChI=1S/C29H33F2N3O2/c30-24-8-6-22(7-9-24)18-23-14-16-33(17-15-23)20-28(35)27(19-21-4-2-1-3-5-21)34(29(32)36)26-12-10-25(31)11-13-26/h1-13,23,27-28,35H,14-20H2,(H2,32,36)/t27-,28-/m1/s1. The lowest BCUT2D eigenvalue weighted by molar-refractivity contribution is 0.0717. The normalized spacial score (nSPS) is 16.4. The van der Waals surface area contributed by atoms with E-state index in [2.05, 4.69) is 4.90 Å². The Balaban J connectivity index is 1.44. The largest absolute Gasteiger partial charge is 0.390 e. The summed E-state index contributed by atoms with van der Waals surface area (Å²) in [4.78, 5) is 16.1. The number of aliphatic hydroxyl groups is 1. The van der Waals surface area contributed by atoms with Crippen LogP contribution in [0.1, 0.15) is 24.0 Å². The molecule has 1 fully saturated rings. The third-order valence-corrected chi connectivity index (χ3v) is 7.00. The molecule has 1 saturated heterocycles. The van der Waals surface area contributed by atoms with E-state index in [0.717, 1.165) is 43.5 Å².